The van der Waals surface area contributed by atoms with Crippen molar-refractivity contribution >= 4 is 5.91 Å². The highest BCUT2D eigenvalue weighted by molar-refractivity contribution is 5.94. The summed E-state index contributed by atoms with van der Waals surface area (Å²) in [7, 11) is 1.67. The molecular formula is C14H25NO3. The van der Waals surface area contributed by atoms with Crippen molar-refractivity contribution in [1.82, 2.24) is 4.90 Å². The van der Waals surface area contributed by atoms with Crippen molar-refractivity contribution in [2.75, 3.05) is 13.6 Å². The summed E-state index contributed by atoms with van der Waals surface area (Å²) in [5.41, 5.74) is 0.365. The second-order valence-corrected chi connectivity index (χ2v) is 3.02. The molecule has 0 aliphatic heterocycles. The zero-order valence-corrected chi connectivity index (χ0v) is 12.2. The van der Waals surface area contributed by atoms with E-state index in [9.17, 15) is 9.90 Å². The van der Waals surface area contributed by atoms with E-state index in [4.69, 9.17) is 5.11 Å². The van der Waals surface area contributed by atoms with Crippen LogP contribution >= 0.6 is 0 Å². The summed E-state index contributed by atoms with van der Waals surface area (Å²) < 4.78 is 0. The van der Waals surface area contributed by atoms with E-state index >= 15 is 0 Å². The number of hydrogen-bond acceptors (Lipinski definition) is 3. The molecule has 104 valence electrons. The third-order valence-electron chi connectivity index (χ3n) is 2.04. The van der Waals surface area contributed by atoms with E-state index in [0.29, 0.717) is 12.1 Å². The Hall–Kier alpha value is -1.71. The van der Waals surface area contributed by atoms with Crippen LogP contribution in [0.3, 0.4) is 0 Å². The SMILES string of the molecule is CC.CC.CCN(C)C(=O)c1ccc(O)c(O)c1. The Bertz CT molecular complexity index is 351. The summed E-state index contributed by atoms with van der Waals surface area (Å²) in [6, 6.07) is 4.03. The maximum atomic E-state index is 11.6. The highest BCUT2D eigenvalue weighted by atomic mass is 16.3. The first-order valence-corrected chi connectivity index (χ1v) is 6.33. The van der Waals surface area contributed by atoms with Gasteiger partial charge >= 0.3 is 0 Å². The average molecular weight is 255 g/mol. The van der Waals surface area contributed by atoms with E-state index < -0.39 is 0 Å². The first kappa shape index (κ1) is 18.6. The zero-order valence-electron chi connectivity index (χ0n) is 12.2. The van der Waals surface area contributed by atoms with Gasteiger partial charge in [-0.1, -0.05) is 27.7 Å². The van der Waals surface area contributed by atoms with Gasteiger partial charge < -0.3 is 15.1 Å². The summed E-state index contributed by atoms with van der Waals surface area (Å²) in [6.45, 7) is 10.5. The van der Waals surface area contributed by atoms with E-state index in [2.05, 4.69) is 0 Å². The number of benzene rings is 1. The first-order valence-electron chi connectivity index (χ1n) is 6.33. The van der Waals surface area contributed by atoms with Crippen LogP contribution < -0.4 is 0 Å². The third-order valence-corrected chi connectivity index (χ3v) is 2.04. The van der Waals surface area contributed by atoms with Crippen molar-refractivity contribution in [2.24, 2.45) is 0 Å². The number of carbonyl (C=O) groups is 1. The molecule has 0 unspecified atom stereocenters. The van der Waals surface area contributed by atoms with Crippen LogP contribution in [0.2, 0.25) is 0 Å². The predicted molar refractivity (Wildman–Crippen MR) is 75.1 cm³/mol. The molecule has 0 bridgehead atoms. The summed E-state index contributed by atoms with van der Waals surface area (Å²) in [4.78, 5) is 13.1. The average Bonchev–Trinajstić information content (AvgIpc) is 2.44. The molecule has 1 aromatic carbocycles. The molecule has 0 aromatic heterocycles. The molecule has 0 atom stereocenters. The maximum Gasteiger partial charge on any atom is 0.253 e. The lowest BCUT2D eigenvalue weighted by atomic mass is 10.2. The fraction of sp³-hybridized carbons (Fsp3) is 0.500. The van der Waals surface area contributed by atoms with Crippen LogP contribution in [-0.4, -0.2) is 34.6 Å². The number of phenolic OH excluding ortho intramolecular Hbond substituents is 2. The van der Waals surface area contributed by atoms with Gasteiger partial charge in [0, 0.05) is 19.2 Å². The Morgan fingerprint density at radius 1 is 1.11 bits per heavy atom. The van der Waals surface area contributed by atoms with Crippen LogP contribution in [0.15, 0.2) is 18.2 Å². The number of nitrogens with zero attached hydrogens (tertiary/aromatic N) is 1. The van der Waals surface area contributed by atoms with Crippen LogP contribution in [0.1, 0.15) is 45.0 Å². The second kappa shape index (κ2) is 10.4. The van der Waals surface area contributed by atoms with Gasteiger partial charge in [0.2, 0.25) is 0 Å². The molecule has 1 aromatic rings. The van der Waals surface area contributed by atoms with Crippen LogP contribution in [0, 0.1) is 0 Å². The first-order chi connectivity index (χ1) is 8.56. The van der Waals surface area contributed by atoms with Crippen molar-refractivity contribution in [3.63, 3.8) is 0 Å². The lowest BCUT2D eigenvalue weighted by Crippen LogP contribution is -2.26. The lowest BCUT2D eigenvalue weighted by Gasteiger charge is -2.14. The van der Waals surface area contributed by atoms with Crippen molar-refractivity contribution in [1.29, 1.82) is 0 Å². The van der Waals surface area contributed by atoms with Crippen LogP contribution in [0.25, 0.3) is 0 Å². The summed E-state index contributed by atoms with van der Waals surface area (Å²) in [5, 5.41) is 18.2. The largest absolute Gasteiger partial charge is 0.504 e. The van der Waals surface area contributed by atoms with E-state index in [1.807, 2.05) is 34.6 Å². The van der Waals surface area contributed by atoms with Gasteiger partial charge in [0.05, 0.1) is 0 Å². The topological polar surface area (TPSA) is 60.8 Å². The van der Waals surface area contributed by atoms with Gasteiger partial charge in [-0.05, 0) is 25.1 Å². The Balaban J connectivity index is 0. The molecule has 4 heteroatoms. The van der Waals surface area contributed by atoms with Gasteiger partial charge in [-0.2, -0.15) is 0 Å². The second-order valence-electron chi connectivity index (χ2n) is 3.02. The van der Waals surface area contributed by atoms with Crippen LogP contribution in [0.4, 0.5) is 0 Å². The van der Waals surface area contributed by atoms with E-state index in [1.54, 1.807) is 7.05 Å². The number of amides is 1. The molecule has 0 saturated carbocycles. The minimum absolute atomic E-state index is 0.178. The summed E-state index contributed by atoms with van der Waals surface area (Å²) >= 11 is 0. The maximum absolute atomic E-state index is 11.6. The third kappa shape index (κ3) is 5.57. The van der Waals surface area contributed by atoms with Gasteiger partial charge in [-0.25, -0.2) is 0 Å². The van der Waals surface area contributed by atoms with Crippen molar-refractivity contribution < 1.29 is 15.0 Å². The van der Waals surface area contributed by atoms with Crippen molar-refractivity contribution in [2.45, 2.75) is 34.6 Å². The van der Waals surface area contributed by atoms with Crippen molar-refractivity contribution in [3.8, 4) is 11.5 Å². The molecule has 0 saturated heterocycles. The smallest absolute Gasteiger partial charge is 0.253 e. The predicted octanol–water partition coefficient (Wildman–Crippen LogP) is 3.24. The Labute approximate surface area is 110 Å². The number of phenols is 2. The van der Waals surface area contributed by atoms with E-state index in [0.717, 1.165) is 0 Å². The molecule has 0 spiro atoms. The molecule has 0 aliphatic rings. The summed E-state index contributed by atoms with van der Waals surface area (Å²) in [6.07, 6.45) is 0. The molecular weight excluding hydrogens is 230 g/mol. The monoisotopic (exact) mass is 255 g/mol. The van der Waals surface area contributed by atoms with Gasteiger partial charge in [-0.15, -0.1) is 0 Å². The molecule has 2 N–H and O–H groups in total. The highest BCUT2D eigenvalue weighted by Crippen LogP contribution is 2.25. The molecule has 0 aliphatic carbocycles. The molecule has 0 fully saturated rings. The lowest BCUT2D eigenvalue weighted by molar-refractivity contribution is 0.0802. The van der Waals surface area contributed by atoms with E-state index in [-0.39, 0.29) is 17.4 Å². The van der Waals surface area contributed by atoms with Crippen molar-refractivity contribution in [3.05, 3.63) is 23.8 Å². The number of hydrogen-bond donors (Lipinski definition) is 2. The fourth-order valence-electron chi connectivity index (χ4n) is 1.02. The van der Waals surface area contributed by atoms with Gasteiger partial charge in [0.15, 0.2) is 11.5 Å². The fourth-order valence-corrected chi connectivity index (χ4v) is 1.02. The molecule has 1 amide bonds. The van der Waals surface area contributed by atoms with Crippen LogP contribution in [0.5, 0.6) is 11.5 Å². The number of carbonyl (C=O) groups excluding carboxylic acids is 1. The molecule has 0 radical (unpaired) electrons. The minimum atomic E-state index is -0.277. The van der Waals surface area contributed by atoms with Gasteiger partial charge in [0.1, 0.15) is 0 Å². The Morgan fingerprint density at radius 2 is 1.61 bits per heavy atom. The van der Waals surface area contributed by atoms with E-state index in [1.165, 1.54) is 23.1 Å². The highest BCUT2D eigenvalue weighted by Gasteiger charge is 2.11. The van der Waals surface area contributed by atoms with Crippen LogP contribution in [-0.2, 0) is 0 Å². The molecule has 0 heterocycles. The van der Waals surface area contributed by atoms with Gasteiger partial charge in [0.25, 0.3) is 5.91 Å². The molecule has 1 rings (SSSR count). The number of rotatable bonds is 2. The summed E-state index contributed by atoms with van der Waals surface area (Å²) in [5.74, 6) is -0.677. The Morgan fingerprint density at radius 3 is 2.00 bits per heavy atom. The normalized spacial score (nSPS) is 8.33. The Kier molecular flexibility index (Phi) is 10.8. The molecule has 18 heavy (non-hydrogen) atoms. The number of aromatic hydroxyl groups is 2. The minimum Gasteiger partial charge on any atom is -0.504 e. The van der Waals surface area contributed by atoms with Gasteiger partial charge in [-0.3, -0.25) is 4.79 Å². The zero-order chi connectivity index (χ0) is 14.7. The quantitative estimate of drug-likeness (QED) is 0.797. The standard InChI is InChI=1S/C10H13NO3.2C2H6/c1-3-11(2)10(14)7-4-5-8(12)9(13)6-7;2*1-2/h4-6,12-13H,3H2,1-2H3;2*1-2H3. The molecule has 4 nitrogen and oxygen atoms in total.